The van der Waals surface area contributed by atoms with E-state index in [0.29, 0.717) is 19.0 Å². The van der Waals surface area contributed by atoms with Gasteiger partial charge in [0.1, 0.15) is 0 Å². The fraction of sp³-hybridized carbons (Fsp3) is 0.588. The van der Waals surface area contributed by atoms with Crippen LogP contribution in [-0.2, 0) is 4.79 Å². The van der Waals surface area contributed by atoms with Crippen molar-refractivity contribution in [2.45, 2.75) is 45.1 Å². The lowest BCUT2D eigenvalue weighted by Gasteiger charge is -2.36. The van der Waals surface area contributed by atoms with Crippen LogP contribution in [0.5, 0.6) is 0 Å². The summed E-state index contributed by atoms with van der Waals surface area (Å²) >= 11 is 0. The molecule has 2 N–H and O–H groups in total. The molecule has 1 aromatic rings. The number of anilines is 1. The van der Waals surface area contributed by atoms with Crippen molar-refractivity contribution in [2.24, 2.45) is 0 Å². The highest BCUT2D eigenvalue weighted by Crippen LogP contribution is 2.24. The third kappa shape index (κ3) is 4.55. The summed E-state index contributed by atoms with van der Waals surface area (Å²) in [7, 11) is 0. The summed E-state index contributed by atoms with van der Waals surface area (Å²) in [6, 6.07) is 7.92. The maximum absolute atomic E-state index is 12.2. The first-order chi connectivity index (χ1) is 9.87. The average Bonchev–Trinajstić information content (AvgIpc) is 2.37. The van der Waals surface area contributed by atoms with E-state index in [1.807, 2.05) is 36.1 Å². The van der Waals surface area contributed by atoms with E-state index in [1.165, 1.54) is 0 Å². The van der Waals surface area contributed by atoms with Crippen molar-refractivity contribution in [3.63, 3.8) is 0 Å². The van der Waals surface area contributed by atoms with Gasteiger partial charge >= 0.3 is 0 Å². The zero-order valence-electron chi connectivity index (χ0n) is 13.2. The second-order valence-corrected chi connectivity index (χ2v) is 6.60. The number of likely N-dealkylation sites (tertiary alicyclic amines) is 1. The molecule has 0 spiro atoms. The second kappa shape index (κ2) is 6.58. The number of benzene rings is 1. The van der Waals surface area contributed by atoms with E-state index in [1.54, 1.807) is 0 Å². The number of β-amino-alcohol motifs (C(OH)–C–C–N with tert-alkyl or cyclic N) is 1. The van der Waals surface area contributed by atoms with Crippen LogP contribution in [0.4, 0.5) is 5.69 Å². The van der Waals surface area contributed by atoms with E-state index in [4.69, 9.17) is 0 Å². The highest BCUT2D eigenvalue weighted by Gasteiger charge is 2.29. The zero-order chi connectivity index (χ0) is 15.5. The number of aliphatic hydroxyl groups is 1. The minimum Gasteiger partial charge on any atom is -0.389 e. The molecule has 1 aliphatic rings. The summed E-state index contributed by atoms with van der Waals surface area (Å²) in [6.07, 6.45) is 1.74. The maximum atomic E-state index is 12.2. The van der Waals surface area contributed by atoms with Gasteiger partial charge in [0.2, 0.25) is 5.91 Å². The Labute approximate surface area is 127 Å². The highest BCUT2D eigenvalue weighted by molar-refractivity contribution is 5.93. The van der Waals surface area contributed by atoms with Crippen LogP contribution in [0.2, 0.25) is 0 Å². The van der Waals surface area contributed by atoms with Gasteiger partial charge in [-0.15, -0.1) is 0 Å². The molecule has 21 heavy (non-hydrogen) atoms. The summed E-state index contributed by atoms with van der Waals surface area (Å²) < 4.78 is 0. The summed E-state index contributed by atoms with van der Waals surface area (Å²) in [5.41, 5.74) is 1.37. The van der Waals surface area contributed by atoms with Crippen molar-refractivity contribution < 1.29 is 9.90 Å². The van der Waals surface area contributed by atoms with Crippen LogP contribution in [-0.4, -0.2) is 41.1 Å². The Morgan fingerprint density at radius 1 is 1.43 bits per heavy atom. The van der Waals surface area contributed by atoms with Crippen LogP contribution in [0, 0.1) is 0 Å². The first-order valence-electron chi connectivity index (χ1n) is 7.71. The van der Waals surface area contributed by atoms with Crippen LogP contribution in [0.25, 0.3) is 0 Å². The topological polar surface area (TPSA) is 52.6 Å². The standard InChI is InChI=1S/C17H26N2O2/c1-13(2)14-7-4-5-8-15(14)18-16(20)11-19-10-6-9-17(3,21)12-19/h4-5,7-8,13,21H,6,9-12H2,1-3H3,(H,18,20). The Balaban J connectivity index is 1.96. The highest BCUT2D eigenvalue weighted by atomic mass is 16.3. The molecule has 0 radical (unpaired) electrons. The first kappa shape index (κ1) is 16.0. The van der Waals surface area contributed by atoms with Crippen LogP contribution in [0.15, 0.2) is 24.3 Å². The molecule has 1 fully saturated rings. The Bertz CT molecular complexity index is 497. The Hall–Kier alpha value is -1.39. The molecule has 1 aliphatic heterocycles. The largest absolute Gasteiger partial charge is 0.389 e. The van der Waals surface area contributed by atoms with Crippen molar-refractivity contribution in [3.8, 4) is 0 Å². The molecule has 0 saturated carbocycles. The molecular weight excluding hydrogens is 264 g/mol. The molecule has 1 atom stereocenters. The number of hydrogen-bond donors (Lipinski definition) is 2. The Morgan fingerprint density at radius 2 is 2.14 bits per heavy atom. The predicted molar refractivity (Wildman–Crippen MR) is 85.5 cm³/mol. The SMILES string of the molecule is CC(C)c1ccccc1NC(=O)CN1CCCC(C)(O)C1. The van der Waals surface area contributed by atoms with E-state index >= 15 is 0 Å². The number of piperidine rings is 1. The second-order valence-electron chi connectivity index (χ2n) is 6.60. The van der Waals surface area contributed by atoms with Crippen molar-refractivity contribution >= 4 is 11.6 Å². The smallest absolute Gasteiger partial charge is 0.238 e. The van der Waals surface area contributed by atoms with Gasteiger partial charge in [-0.3, -0.25) is 9.69 Å². The minimum atomic E-state index is -0.672. The van der Waals surface area contributed by atoms with Gasteiger partial charge in [-0.1, -0.05) is 32.0 Å². The predicted octanol–water partition coefficient (Wildman–Crippen LogP) is 2.60. The lowest BCUT2D eigenvalue weighted by Crippen LogP contribution is -2.48. The molecule has 0 aromatic heterocycles. The van der Waals surface area contributed by atoms with E-state index in [-0.39, 0.29) is 5.91 Å². The van der Waals surface area contributed by atoms with Crippen LogP contribution in [0.1, 0.15) is 45.1 Å². The number of carbonyl (C=O) groups excluding carboxylic acids is 1. The Kier molecular flexibility index (Phi) is 5.01. The van der Waals surface area contributed by atoms with E-state index in [9.17, 15) is 9.90 Å². The van der Waals surface area contributed by atoms with Gasteiger partial charge in [0.25, 0.3) is 0 Å². The van der Waals surface area contributed by atoms with E-state index in [0.717, 1.165) is 30.6 Å². The minimum absolute atomic E-state index is 0.0131. The normalized spacial score (nSPS) is 23.3. The Morgan fingerprint density at radius 3 is 2.81 bits per heavy atom. The molecular formula is C17H26N2O2. The van der Waals surface area contributed by atoms with E-state index in [2.05, 4.69) is 19.2 Å². The fourth-order valence-corrected chi connectivity index (χ4v) is 2.97. The van der Waals surface area contributed by atoms with Gasteiger partial charge in [0, 0.05) is 12.2 Å². The number of rotatable bonds is 4. The number of nitrogens with one attached hydrogen (secondary N) is 1. The van der Waals surface area contributed by atoms with Gasteiger partial charge < -0.3 is 10.4 Å². The van der Waals surface area contributed by atoms with Gasteiger partial charge in [0.05, 0.1) is 12.1 Å². The van der Waals surface area contributed by atoms with Gasteiger partial charge in [0.15, 0.2) is 0 Å². The van der Waals surface area contributed by atoms with E-state index < -0.39 is 5.60 Å². The molecule has 0 bridgehead atoms. The summed E-state index contributed by atoms with van der Waals surface area (Å²) in [4.78, 5) is 14.3. The van der Waals surface area contributed by atoms with Crippen molar-refractivity contribution in [2.75, 3.05) is 25.0 Å². The van der Waals surface area contributed by atoms with Crippen molar-refractivity contribution in [1.82, 2.24) is 4.90 Å². The maximum Gasteiger partial charge on any atom is 0.238 e. The quantitative estimate of drug-likeness (QED) is 0.896. The lowest BCUT2D eigenvalue weighted by atomic mass is 9.95. The summed E-state index contributed by atoms with van der Waals surface area (Å²) in [5.74, 6) is 0.359. The van der Waals surface area contributed by atoms with Crippen molar-refractivity contribution in [3.05, 3.63) is 29.8 Å². The van der Waals surface area contributed by atoms with Crippen LogP contribution < -0.4 is 5.32 Å². The molecule has 1 aromatic carbocycles. The van der Waals surface area contributed by atoms with Gasteiger partial charge in [-0.25, -0.2) is 0 Å². The molecule has 116 valence electrons. The molecule has 2 rings (SSSR count). The van der Waals surface area contributed by atoms with Gasteiger partial charge in [-0.2, -0.15) is 0 Å². The van der Waals surface area contributed by atoms with Crippen LogP contribution >= 0.6 is 0 Å². The number of para-hydroxylation sites is 1. The number of carbonyl (C=O) groups is 1. The third-order valence-electron chi connectivity index (χ3n) is 3.98. The molecule has 1 amide bonds. The summed E-state index contributed by atoms with van der Waals surface area (Å²) in [5, 5.41) is 13.1. The summed E-state index contributed by atoms with van der Waals surface area (Å²) in [6.45, 7) is 7.84. The van der Waals surface area contributed by atoms with Crippen molar-refractivity contribution in [1.29, 1.82) is 0 Å². The number of hydrogen-bond acceptors (Lipinski definition) is 3. The third-order valence-corrected chi connectivity index (χ3v) is 3.98. The first-order valence-corrected chi connectivity index (χ1v) is 7.71. The molecule has 4 nitrogen and oxygen atoms in total. The number of amides is 1. The average molecular weight is 290 g/mol. The van der Waals surface area contributed by atoms with Gasteiger partial charge in [-0.05, 0) is 43.9 Å². The molecule has 0 aliphatic carbocycles. The monoisotopic (exact) mass is 290 g/mol. The molecule has 4 heteroatoms. The lowest BCUT2D eigenvalue weighted by molar-refractivity contribution is -0.118. The molecule has 1 heterocycles. The van der Waals surface area contributed by atoms with Crippen LogP contribution in [0.3, 0.4) is 0 Å². The molecule has 1 unspecified atom stereocenters. The zero-order valence-corrected chi connectivity index (χ0v) is 13.2. The number of nitrogens with zero attached hydrogens (tertiary/aromatic N) is 1. The molecule has 1 saturated heterocycles. The fourth-order valence-electron chi connectivity index (χ4n) is 2.97.